The molecule has 0 spiro atoms. The van der Waals surface area contributed by atoms with Crippen LogP contribution in [0, 0.1) is 0 Å². The third kappa shape index (κ3) is 15.3. The summed E-state index contributed by atoms with van der Waals surface area (Å²) >= 11 is 0. The number of hydrogen-bond acceptors (Lipinski definition) is 7. The number of aliphatic hydroxyl groups excluding tert-OH is 2. The van der Waals surface area contributed by atoms with Crippen molar-refractivity contribution in [2.75, 3.05) is 6.61 Å². The summed E-state index contributed by atoms with van der Waals surface area (Å²) in [6.07, 6.45) is -0.711. The topological polar surface area (TPSA) is 97.1 Å². The Morgan fingerprint density at radius 3 is 2.12 bits per heavy atom. The lowest BCUT2D eigenvalue weighted by Gasteiger charge is -2.37. The molecule has 4 atom stereocenters. The zero-order valence-electron chi connectivity index (χ0n) is 26.2. The molecule has 1 saturated heterocycles. The molecule has 1 aliphatic heterocycles. The first-order valence-corrected chi connectivity index (χ1v) is 14.1. The smallest absolute Gasteiger partial charge is 0.435 e. The molecule has 0 aromatic carbocycles. The number of rotatable bonds is 7. The van der Waals surface area contributed by atoms with Crippen molar-refractivity contribution in [3.05, 3.63) is 54.2 Å². The Bertz CT molecular complexity index is 887. The minimum Gasteiger partial charge on any atom is -0.467 e. The van der Waals surface area contributed by atoms with E-state index in [4.69, 9.17) is 9.47 Å². The molecule has 0 amide bonds. The fourth-order valence-corrected chi connectivity index (χ4v) is 2.81. The Hall–Kier alpha value is -2.56. The van der Waals surface area contributed by atoms with Crippen LogP contribution in [-0.4, -0.2) is 56.9 Å². The standard InChI is InChI=1S/C21H26F3N3O4.C3H8.3C2H6/c1-5-7-8-14(12(3)6-2)26-13(4)19-20(18(29)15(28)11-30-19)31-17-10-25-9-16(27-17)21(22,23)24;1-3-2;3*1-2/h6-10,15,18-20,28-29H,2,5,11H2,1,3-4H3;3H2,1-2H3;3*1-2H3/b8-7-,14-12-,26-13?;;;;. The highest BCUT2D eigenvalue weighted by atomic mass is 19.4. The van der Waals surface area contributed by atoms with Gasteiger partial charge in [0.25, 0.3) is 0 Å². The summed E-state index contributed by atoms with van der Waals surface area (Å²) in [5, 5.41) is 20.4. The molecule has 10 heteroatoms. The normalized spacial score (nSPS) is 21.1. The molecule has 0 saturated carbocycles. The molecule has 4 unspecified atom stereocenters. The molecular weight excluding hydrogens is 523 g/mol. The van der Waals surface area contributed by atoms with Crippen LogP contribution in [0.15, 0.2) is 53.5 Å². The summed E-state index contributed by atoms with van der Waals surface area (Å²) in [6.45, 7) is 25.2. The number of aromatic nitrogens is 2. The van der Waals surface area contributed by atoms with E-state index in [1.54, 1.807) is 13.0 Å². The van der Waals surface area contributed by atoms with E-state index in [1.807, 2.05) is 67.5 Å². The lowest BCUT2D eigenvalue weighted by Crippen LogP contribution is -2.57. The number of hydrogen-bond donors (Lipinski definition) is 2. The summed E-state index contributed by atoms with van der Waals surface area (Å²) in [4.78, 5) is 11.4. The fraction of sp³-hybridized carbons (Fsp3) is 0.633. The van der Waals surface area contributed by atoms with E-state index in [2.05, 4.69) is 35.4 Å². The molecule has 2 N–H and O–H groups in total. The second-order valence-corrected chi connectivity index (χ2v) is 7.68. The molecule has 0 aliphatic carbocycles. The summed E-state index contributed by atoms with van der Waals surface area (Å²) in [7, 11) is 0. The van der Waals surface area contributed by atoms with Gasteiger partial charge >= 0.3 is 6.18 Å². The molecule has 2 heterocycles. The van der Waals surface area contributed by atoms with Gasteiger partial charge in [0.15, 0.2) is 11.8 Å². The van der Waals surface area contributed by atoms with Crippen molar-refractivity contribution in [1.29, 1.82) is 0 Å². The van der Waals surface area contributed by atoms with E-state index < -0.39 is 42.2 Å². The quantitative estimate of drug-likeness (QED) is 0.255. The zero-order valence-corrected chi connectivity index (χ0v) is 26.2. The zero-order chi connectivity index (χ0) is 31.9. The number of halogens is 3. The second-order valence-electron chi connectivity index (χ2n) is 7.68. The number of aliphatic imine (C=N–C) groups is 1. The second kappa shape index (κ2) is 24.3. The van der Waals surface area contributed by atoms with E-state index in [0.29, 0.717) is 17.6 Å². The van der Waals surface area contributed by atoms with Crippen LogP contribution >= 0.6 is 0 Å². The molecule has 0 radical (unpaired) electrons. The maximum atomic E-state index is 12.9. The monoisotopic (exact) mass is 575 g/mol. The van der Waals surface area contributed by atoms with Gasteiger partial charge in [0.05, 0.1) is 24.7 Å². The SMILES string of the molecule is C=C/C(C)=C(/C=C\CC)N=C(C)C1OCC(O)C(O)C1Oc1cncc(C(F)(F)F)n1.CC.CC.CC.CCC. The molecule has 1 aromatic rings. The van der Waals surface area contributed by atoms with Crippen LogP contribution in [0.2, 0.25) is 0 Å². The van der Waals surface area contributed by atoms with Gasteiger partial charge in [-0.25, -0.2) is 4.98 Å². The van der Waals surface area contributed by atoms with Gasteiger partial charge in [0.1, 0.15) is 18.3 Å². The molecule has 40 heavy (non-hydrogen) atoms. The van der Waals surface area contributed by atoms with Crippen LogP contribution in [0.3, 0.4) is 0 Å². The highest BCUT2D eigenvalue weighted by molar-refractivity contribution is 5.88. The van der Waals surface area contributed by atoms with Gasteiger partial charge in [-0.3, -0.25) is 9.98 Å². The van der Waals surface area contributed by atoms with Crippen molar-refractivity contribution < 1.29 is 32.9 Å². The maximum absolute atomic E-state index is 12.9. The van der Waals surface area contributed by atoms with Crippen LogP contribution in [0.4, 0.5) is 13.2 Å². The first-order valence-electron chi connectivity index (χ1n) is 14.1. The number of nitrogens with zero attached hydrogens (tertiary/aromatic N) is 3. The number of aliphatic hydroxyl groups is 2. The average molecular weight is 576 g/mol. The lowest BCUT2D eigenvalue weighted by atomic mass is 9.97. The van der Waals surface area contributed by atoms with Crippen molar-refractivity contribution in [3.63, 3.8) is 0 Å². The van der Waals surface area contributed by atoms with E-state index in [0.717, 1.165) is 18.2 Å². The van der Waals surface area contributed by atoms with E-state index >= 15 is 0 Å². The molecule has 1 fully saturated rings. The summed E-state index contributed by atoms with van der Waals surface area (Å²) < 4.78 is 49.9. The van der Waals surface area contributed by atoms with E-state index in [1.165, 1.54) is 6.42 Å². The lowest BCUT2D eigenvalue weighted by molar-refractivity contribution is -0.161. The van der Waals surface area contributed by atoms with Gasteiger partial charge < -0.3 is 19.7 Å². The Kier molecular flexibility index (Phi) is 25.4. The Labute approximate surface area is 240 Å². The summed E-state index contributed by atoms with van der Waals surface area (Å²) in [6, 6.07) is 0. The average Bonchev–Trinajstić information content (AvgIpc) is 2.96. The molecule has 7 nitrogen and oxygen atoms in total. The summed E-state index contributed by atoms with van der Waals surface area (Å²) in [5.41, 5.74) is 0.556. The largest absolute Gasteiger partial charge is 0.467 e. The third-order valence-corrected chi connectivity index (χ3v) is 4.57. The van der Waals surface area contributed by atoms with Crippen molar-refractivity contribution in [2.45, 2.75) is 120 Å². The van der Waals surface area contributed by atoms with Crippen molar-refractivity contribution >= 4 is 5.71 Å². The van der Waals surface area contributed by atoms with Gasteiger partial charge in [0, 0.05) is 5.71 Å². The molecule has 0 bridgehead atoms. The molecule has 1 aliphatic rings. The minimum atomic E-state index is -4.71. The fourth-order valence-electron chi connectivity index (χ4n) is 2.81. The van der Waals surface area contributed by atoms with Gasteiger partial charge in [0.2, 0.25) is 5.88 Å². The van der Waals surface area contributed by atoms with Crippen LogP contribution in [0.5, 0.6) is 5.88 Å². The Balaban J connectivity index is -0.00000136. The van der Waals surface area contributed by atoms with Crippen molar-refractivity contribution in [1.82, 2.24) is 9.97 Å². The Morgan fingerprint density at radius 1 is 1.10 bits per heavy atom. The van der Waals surface area contributed by atoms with Crippen LogP contribution in [-0.2, 0) is 10.9 Å². The molecule has 232 valence electrons. The van der Waals surface area contributed by atoms with Crippen LogP contribution in [0.25, 0.3) is 0 Å². The highest BCUT2D eigenvalue weighted by Crippen LogP contribution is 2.29. The van der Waals surface area contributed by atoms with E-state index in [9.17, 15) is 23.4 Å². The van der Waals surface area contributed by atoms with Gasteiger partial charge in [-0.2, -0.15) is 13.2 Å². The molecule has 2 rings (SSSR count). The van der Waals surface area contributed by atoms with Gasteiger partial charge in [-0.15, -0.1) is 0 Å². The van der Waals surface area contributed by atoms with E-state index in [-0.39, 0.29) is 6.61 Å². The number of allylic oxidation sites excluding steroid dienone is 4. The maximum Gasteiger partial charge on any atom is 0.435 e. The first-order chi connectivity index (χ1) is 19.0. The van der Waals surface area contributed by atoms with Crippen molar-refractivity contribution in [3.8, 4) is 5.88 Å². The Morgan fingerprint density at radius 2 is 1.65 bits per heavy atom. The number of alkyl halides is 3. The van der Waals surface area contributed by atoms with Crippen molar-refractivity contribution in [2.24, 2.45) is 4.99 Å². The minimum absolute atomic E-state index is 0.197. The van der Waals surface area contributed by atoms with Gasteiger partial charge in [-0.1, -0.05) is 87.5 Å². The first kappa shape index (κ1) is 41.9. The van der Waals surface area contributed by atoms with Crippen LogP contribution < -0.4 is 4.74 Å². The predicted molar refractivity (Wildman–Crippen MR) is 159 cm³/mol. The van der Waals surface area contributed by atoms with Crippen LogP contribution in [0.1, 0.15) is 94.7 Å². The number of ether oxygens (including phenoxy) is 2. The predicted octanol–water partition coefficient (Wildman–Crippen LogP) is 7.75. The molecular formula is C30H52F3N3O4. The highest BCUT2D eigenvalue weighted by Gasteiger charge is 2.43. The van der Waals surface area contributed by atoms with Gasteiger partial charge in [-0.05, 0) is 31.9 Å². The summed E-state index contributed by atoms with van der Waals surface area (Å²) in [5.74, 6) is -0.460. The molecule has 1 aromatic heterocycles. The third-order valence-electron chi connectivity index (χ3n) is 4.57.